The topological polar surface area (TPSA) is 71.6 Å². The van der Waals surface area contributed by atoms with Gasteiger partial charge in [0.15, 0.2) is 0 Å². The second-order valence-corrected chi connectivity index (χ2v) is 10.1. The average molecular weight is 489 g/mol. The Bertz CT molecular complexity index is 1330. The number of amides is 1. The van der Waals surface area contributed by atoms with Crippen molar-refractivity contribution in [2.45, 2.75) is 38.9 Å². The number of halogens is 2. The number of nitrogens with one attached hydrogen (secondary N) is 3. The molecule has 2 aliphatic rings. The largest absolute Gasteiger partial charge is 0.495 e. The molecule has 3 aromatic rings. The van der Waals surface area contributed by atoms with Crippen LogP contribution < -0.4 is 15.8 Å². The van der Waals surface area contributed by atoms with E-state index in [1.807, 2.05) is 64.1 Å². The van der Waals surface area contributed by atoms with Crippen molar-refractivity contribution in [3.05, 3.63) is 77.3 Å². The molecule has 0 unspecified atom stereocenters. The molecule has 3 aromatic carbocycles. The maximum absolute atomic E-state index is 14.4. The highest BCUT2D eigenvalue weighted by atomic mass is 19.1. The number of benzene rings is 3. The van der Waals surface area contributed by atoms with E-state index in [1.54, 1.807) is 0 Å². The molecule has 10 heteroatoms. The van der Waals surface area contributed by atoms with Gasteiger partial charge < -0.3 is 25.1 Å². The minimum atomic E-state index is -1.06. The van der Waals surface area contributed by atoms with Crippen LogP contribution in [0.3, 0.4) is 0 Å². The van der Waals surface area contributed by atoms with Crippen molar-refractivity contribution < 1.29 is 22.9 Å². The lowest BCUT2D eigenvalue weighted by atomic mass is 9.56. The maximum atomic E-state index is 14.4. The summed E-state index contributed by atoms with van der Waals surface area (Å²) in [6, 6.07) is 14.9. The van der Waals surface area contributed by atoms with E-state index in [0.29, 0.717) is 0 Å². The SMILES string of the molecule is CNC(=O)/C(B1Nc2cccc3cccc(c23)N1)=C(\B1OC(C)(C)C(C)(C)O1)c1cc(F)cc(F)c1. The zero-order valence-electron chi connectivity index (χ0n) is 20.8. The Morgan fingerprint density at radius 1 is 0.889 bits per heavy atom. The van der Waals surface area contributed by atoms with Crippen LogP contribution in [-0.4, -0.2) is 38.3 Å². The van der Waals surface area contributed by atoms with E-state index in [4.69, 9.17) is 9.31 Å². The van der Waals surface area contributed by atoms with Gasteiger partial charge in [0.05, 0.1) is 11.2 Å². The van der Waals surface area contributed by atoms with Gasteiger partial charge >= 0.3 is 14.1 Å². The van der Waals surface area contributed by atoms with E-state index in [-0.39, 0.29) is 16.5 Å². The molecule has 184 valence electrons. The molecule has 1 fully saturated rings. The maximum Gasteiger partial charge on any atom is 0.495 e. The summed E-state index contributed by atoms with van der Waals surface area (Å²) in [6.07, 6.45) is 0. The van der Waals surface area contributed by atoms with E-state index in [1.165, 1.54) is 19.2 Å². The van der Waals surface area contributed by atoms with Crippen molar-refractivity contribution in [1.29, 1.82) is 0 Å². The van der Waals surface area contributed by atoms with E-state index in [0.717, 1.165) is 28.2 Å². The molecule has 6 nitrogen and oxygen atoms in total. The van der Waals surface area contributed by atoms with Crippen LogP contribution in [-0.2, 0) is 14.1 Å². The molecular weight excluding hydrogens is 462 g/mol. The van der Waals surface area contributed by atoms with Gasteiger partial charge in [0.1, 0.15) is 11.6 Å². The fourth-order valence-electron chi connectivity index (χ4n) is 4.71. The van der Waals surface area contributed by atoms with Crippen molar-refractivity contribution in [3.63, 3.8) is 0 Å². The summed E-state index contributed by atoms with van der Waals surface area (Å²) in [4.78, 5) is 13.5. The third-order valence-electron chi connectivity index (χ3n) is 7.22. The summed E-state index contributed by atoms with van der Waals surface area (Å²) in [6.45, 7) is 6.77. The van der Waals surface area contributed by atoms with Crippen LogP contribution in [0.25, 0.3) is 16.2 Å². The van der Waals surface area contributed by atoms with Gasteiger partial charge in [-0.25, -0.2) is 8.78 Å². The van der Waals surface area contributed by atoms with Crippen LogP contribution in [0.4, 0.5) is 20.2 Å². The van der Waals surface area contributed by atoms with Gasteiger partial charge in [-0.3, -0.25) is 4.79 Å². The number of carbonyl (C=O) groups is 1. The number of rotatable bonds is 4. The fraction of sp³-hybridized carbons (Fsp3) is 0.269. The lowest BCUT2D eigenvalue weighted by Gasteiger charge is -2.32. The lowest BCUT2D eigenvalue weighted by molar-refractivity contribution is -0.116. The summed E-state index contributed by atoms with van der Waals surface area (Å²) in [7, 11) is 0.452. The number of hydrogen-bond donors (Lipinski definition) is 3. The highest BCUT2D eigenvalue weighted by Gasteiger charge is 2.54. The van der Waals surface area contributed by atoms with E-state index in [9.17, 15) is 13.6 Å². The second-order valence-electron chi connectivity index (χ2n) is 10.1. The highest BCUT2D eigenvalue weighted by molar-refractivity contribution is 6.85. The Morgan fingerprint density at radius 3 is 1.92 bits per heavy atom. The van der Waals surface area contributed by atoms with E-state index in [2.05, 4.69) is 15.8 Å². The van der Waals surface area contributed by atoms with Gasteiger partial charge in [-0.1, -0.05) is 24.3 Å². The van der Waals surface area contributed by atoms with Crippen LogP contribution in [0.5, 0.6) is 0 Å². The Labute approximate surface area is 209 Å². The third kappa shape index (κ3) is 4.04. The minimum absolute atomic E-state index is 0.158. The molecule has 3 N–H and O–H groups in total. The molecule has 1 saturated heterocycles. The average Bonchev–Trinajstić information content (AvgIpc) is 3.02. The normalized spacial score (nSPS) is 18.4. The van der Waals surface area contributed by atoms with Crippen LogP contribution in [0.15, 0.2) is 60.1 Å². The monoisotopic (exact) mass is 489 g/mol. The van der Waals surface area contributed by atoms with Crippen molar-refractivity contribution in [3.8, 4) is 0 Å². The first-order valence-corrected chi connectivity index (χ1v) is 11.8. The van der Waals surface area contributed by atoms with E-state index < -0.39 is 42.8 Å². The molecule has 0 aliphatic carbocycles. The van der Waals surface area contributed by atoms with Crippen molar-refractivity contribution in [2.24, 2.45) is 0 Å². The first kappa shape index (κ1) is 24.3. The van der Waals surface area contributed by atoms with Gasteiger partial charge in [-0.05, 0) is 68.4 Å². The molecule has 0 saturated carbocycles. The lowest BCUT2D eigenvalue weighted by Crippen LogP contribution is -2.46. The van der Waals surface area contributed by atoms with Gasteiger partial charge in [-0.15, -0.1) is 0 Å². The molecule has 0 aromatic heterocycles. The zero-order valence-corrected chi connectivity index (χ0v) is 20.8. The first-order chi connectivity index (χ1) is 17.0. The predicted octanol–water partition coefficient (Wildman–Crippen LogP) is 4.81. The van der Waals surface area contributed by atoms with Crippen molar-refractivity contribution in [1.82, 2.24) is 5.32 Å². The standard InChI is InChI=1S/C26H27B2F2N3O3/c1-25(2)26(3,4)36-28(35-25)22(16-12-17(29)14-18(30)13-16)23(24(34)31-5)27-32-19-10-6-8-15-9-7-11-20(33-27)21(15)19/h6-14,32-33H,1-5H3,(H,31,34)/b23-22+. The Morgan fingerprint density at radius 2 is 1.42 bits per heavy atom. The van der Waals surface area contributed by atoms with Gasteiger partial charge in [0.2, 0.25) is 5.91 Å². The summed E-state index contributed by atoms with van der Waals surface area (Å²) < 4.78 is 41.5. The van der Waals surface area contributed by atoms with Gasteiger partial charge in [0, 0.05) is 35.3 Å². The molecule has 0 atom stereocenters. The molecule has 2 heterocycles. The third-order valence-corrected chi connectivity index (χ3v) is 7.22. The van der Waals surface area contributed by atoms with Crippen molar-refractivity contribution in [2.75, 3.05) is 17.5 Å². The minimum Gasteiger partial charge on any atom is -0.405 e. The summed E-state index contributed by atoms with van der Waals surface area (Å²) in [5.74, 6) is -1.98. The van der Waals surface area contributed by atoms with Crippen molar-refractivity contribution >= 4 is 47.6 Å². The summed E-state index contributed by atoms with van der Waals surface area (Å²) in [5, 5.41) is 11.5. The molecule has 0 bridgehead atoms. The van der Waals surface area contributed by atoms with Crippen LogP contribution in [0.1, 0.15) is 33.3 Å². The molecule has 1 amide bonds. The summed E-state index contributed by atoms with van der Waals surface area (Å²) >= 11 is 0. The Balaban J connectivity index is 1.73. The molecule has 2 aliphatic heterocycles. The van der Waals surface area contributed by atoms with E-state index >= 15 is 0 Å². The van der Waals surface area contributed by atoms with Crippen LogP contribution >= 0.6 is 0 Å². The van der Waals surface area contributed by atoms with Crippen LogP contribution in [0.2, 0.25) is 0 Å². The molecule has 5 rings (SSSR count). The zero-order chi connectivity index (χ0) is 25.8. The molecule has 0 radical (unpaired) electrons. The number of likely N-dealkylation sites (N-methyl/N-ethyl adjacent to an activating group) is 1. The quantitative estimate of drug-likeness (QED) is 0.363. The predicted molar refractivity (Wildman–Crippen MR) is 140 cm³/mol. The van der Waals surface area contributed by atoms with Crippen LogP contribution in [0, 0.1) is 11.6 Å². The number of hydrogen-bond acceptors (Lipinski definition) is 5. The summed E-state index contributed by atoms with van der Waals surface area (Å²) in [5.41, 5.74) is 0.766. The first-order valence-electron chi connectivity index (χ1n) is 11.8. The van der Waals surface area contributed by atoms with Gasteiger partial charge in [-0.2, -0.15) is 0 Å². The molecular formula is C26H27B2F2N3O3. The number of carbonyl (C=O) groups excluding carboxylic acids is 1. The van der Waals surface area contributed by atoms with Gasteiger partial charge in [0.25, 0.3) is 0 Å². The Hall–Kier alpha value is -3.36. The molecule has 0 spiro atoms. The highest BCUT2D eigenvalue weighted by Crippen LogP contribution is 2.43. The fourth-order valence-corrected chi connectivity index (χ4v) is 4.71. The molecule has 36 heavy (non-hydrogen) atoms. The smallest absolute Gasteiger partial charge is 0.405 e. The second kappa shape index (κ2) is 8.64. The number of anilines is 2. The Kier molecular flexibility index (Phi) is 5.84.